The van der Waals surface area contributed by atoms with Crippen molar-refractivity contribution in [2.45, 2.75) is 39.7 Å². The molecule has 1 amide bonds. The van der Waals surface area contributed by atoms with Gasteiger partial charge in [0.15, 0.2) is 5.89 Å². The predicted octanol–water partition coefficient (Wildman–Crippen LogP) is 2.18. The van der Waals surface area contributed by atoms with E-state index in [1.54, 1.807) is 17.2 Å². The molecule has 3 rings (SSSR count). The Morgan fingerprint density at radius 3 is 3.10 bits per heavy atom. The first kappa shape index (κ1) is 13.9. The molecule has 0 aliphatic carbocycles. The molecule has 21 heavy (non-hydrogen) atoms. The maximum atomic E-state index is 12.3. The van der Waals surface area contributed by atoms with E-state index in [1.807, 2.05) is 0 Å². The average molecular weight is 288 g/mol. The van der Waals surface area contributed by atoms with Crippen molar-refractivity contribution in [3.8, 4) is 0 Å². The van der Waals surface area contributed by atoms with Crippen LogP contribution in [0.5, 0.6) is 0 Å². The van der Waals surface area contributed by atoms with Gasteiger partial charge in [0, 0.05) is 25.6 Å². The number of nitrogens with zero attached hydrogens (tertiary/aromatic N) is 3. The second kappa shape index (κ2) is 5.71. The Morgan fingerprint density at radius 1 is 1.52 bits per heavy atom. The van der Waals surface area contributed by atoms with E-state index in [4.69, 9.17) is 4.42 Å². The molecule has 1 aliphatic rings. The van der Waals surface area contributed by atoms with Gasteiger partial charge in [0.25, 0.3) is 5.91 Å². The van der Waals surface area contributed by atoms with Gasteiger partial charge in [0.05, 0.1) is 6.54 Å². The summed E-state index contributed by atoms with van der Waals surface area (Å²) in [7, 11) is 0. The first-order valence-electron chi connectivity index (χ1n) is 7.39. The normalized spacial score (nSPS) is 14.5. The number of carbonyl (C=O) groups is 1. The van der Waals surface area contributed by atoms with E-state index in [1.165, 1.54) is 0 Å². The topological polar surface area (TPSA) is 75.0 Å². The minimum Gasteiger partial charge on any atom is -0.445 e. The average Bonchev–Trinajstić information content (AvgIpc) is 3.12. The van der Waals surface area contributed by atoms with E-state index in [0.29, 0.717) is 24.7 Å². The summed E-state index contributed by atoms with van der Waals surface area (Å²) in [5.41, 5.74) is 1.41. The van der Waals surface area contributed by atoms with Crippen molar-refractivity contribution in [3.05, 3.63) is 35.3 Å². The van der Waals surface area contributed by atoms with Gasteiger partial charge in [-0.05, 0) is 18.4 Å². The van der Waals surface area contributed by atoms with Crippen LogP contribution in [0.2, 0.25) is 0 Å². The van der Waals surface area contributed by atoms with Crippen molar-refractivity contribution in [1.82, 2.24) is 20.1 Å². The Labute approximate surface area is 123 Å². The second-order valence-corrected chi connectivity index (χ2v) is 5.86. The number of amides is 1. The highest BCUT2D eigenvalue weighted by Crippen LogP contribution is 2.22. The third kappa shape index (κ3) is 2.99. The summed E-state index contributed by atoms with van der Waals surface area (Å²) in [6.45, 7) is 5.54. The quantitative estimate of drug-likeness (QED) is 0.935. The van der Waals surface area contributed by atoms with Crippen LogP contribution in [0.15, 0.2) is 16.7 Å². The molecular weight excluding hydrogens is 268 g/mol. The molecule has 1 aliphatic heterocycles. The van der Waals surface area contributed by atoms with Crippen molar-refractivity contribution in [3.63, 3.8) is 0 Å². The molecule has 0 bridgehead atoms. The maximum absolute atomic E-state index is 12.3. The third-order valence-corrected chi connectivity index (χ3v) is 3.73. The minimum atomic E-state index is -0.0371. The Morgan fingerprint density at radius 2 is 2.38 bits per heavy atom. The Kier molecular flexibility index (Phi) is 3.77. The number of aromatic nitrogens is 3. The maximum Gasteiger partial charge on any atom is 0.272 e. The van der Waals surface area contributed by atoms with Gasteiger partial charge in [-0.15, -0.1) is 0 Å². The number of aromatic amines is 1. The van der Waals surface area contributed by atoms with E-state index in [0.717, 1.165) is 36.6 Å². The van der Waals surface area contributed by atoms with Crippen molar-refractivity contribution < 1.29 is 9.21 Å². The fourth-order valence-corrected chi connectivity index (χ4v) is 2.49. The molecule has 0 radical (unpaired) electrons. The lowest BCUT2D eigenvalue weighted by Gasteiger charge is -2.24. The molecule has 0 aromatic carbocycles. The number of rotatable bonds is 4. The number of carbonyl (C=O) groups excluding carboxylic acids is 1. The zero-order chi connectivity index (χ0) is 14.8. The number of H-pyrrole nitrogens is 1. The molecule has 0 spiro atoms. The highest BCUT2D eigenvalue weighted by Gasteiger charge is 2.26. The van der Waals surface area contributed by atoms with Gasteiger partial charge >= 0.3 is 0 Å². The number of fused-ring (bicyclic) bond motifs is 1. The Hall–Kier alpha value is -2.11. The van der Waals surface area contributed by atoms with Gasteiger partial charge in [-0.3, -0.25) is 9.89 Å². The molecule has 0 unspecified atom stereocenters. The predicted molar refractivity (Wildman–Crippen MR) is 76.7 cm³/mol. The Bertz CT molecular complexity index is 616. The van der Waals surface area contributed by atoms with E-state index in [9.17, 15) is 4.79 Å². The Balaban J connectivity index is 1.69. The molecular formula is C15H20N4O2. The molecule has 0 atom stereocenters. The van der Waals surface area contributed by atoms with E-state index < -0.39 is 0 Å². The summed E-state index contributed by atoms with van der Waals surface area (Å²) in [5.74, 6) is 2.32. The molecule has 0 saturated heterocycles. The van der Waals surface area contributed by atoms with Crippen molar-refractivity contribution in [1.29, 1.82) is 0 Å². The molecule has 2 aromatic heterocycles. The van der Waals surface area contributed by atoms with Crippen LogP contribution >= 0.6 is 0 Å². The lowest BCUT2D eigenvalue weighted by molar-refractivity contribution is 0.0722. The number of hydrogen-bond donors (Lipinski definition) is 1. The van der Waals surface area contributed by atoms with Crippen LogP contribution in [0.4, 0.5) is 0 Å². The van der Waals surface area contributed by atoms with Crippen molar-refractivity contribution in [2.24, 2.45) is 5.92 Å². The van der Waals surface area contributed by atoms with Gasteiger partial charge in [0.1, 0.15) is 17.1 Å². The third-order valence-electron chi connectivity index (χ3n) is 3.73. The van der Waals surface area contributed by atoms with Crippen LogP contribution in [0.1, 0.15) is 48.1 Å². The highest BCUT2D eigenvalue weighted by molar-refractivity contribution is 5.92. The monoisotopic (exact) mass is 288 g/mol. The van der Waals surface area contributed by atoms with E-state index >= 15 is 0 Å². The van der Waals surface area contributed by atoms with Crippen LogP contribution in [0.25, 0.3) is 0 Å². The standard InChI is InChI=1S/C15H20N4O2/c1-10(2)3-4-14-17-12-9-19(8-6-13(12)21-14)15(20)11-5-7-16-18-11/h5,7,10H,3-4,6,8-9H2,1-2H3,(H,16,18). The fraction of sp³-hybridized carbons (Fsp3) is 0.533. The number of aryl methyl sites for hydroxylation is 1. The lowest BCUT2D eigenvalue weighted by atomic mass is 10.1. The van der Waals surface area contributed by atoms with Gasteiger partial charge in [-0.2, -0.15) is 5.10 Å². The smallest absolute Gasteiger partial charge is 0.272 e. The SMILES string of the molecule is CC(C)CCc1nc2c(o1)CCN(C(=O)c1ccn[nH]1)C2. The molecule has 2 aromatic rings. The van der Waals surface area contributed by atoms with Crippen molar-refractivity contribution >= 4 is 5.91 Å². The first-order chi connectivity index (χ1) is 10.1. The number of oxazole rings is 1. The summed E-state index contributed by atoms with van der Waals surface area (Å²) >= 11 is 0. The zero-order valence-corrected chi connectivity index (χ0v) is 12.4. The summed E-state index contributed by atoms with van der Waals surface area (Å²) in [6, 6.07) is 1.69. The number of hydrogen-bond acceptors (Lipinski definition) is 4. The summed E-state index contributed by atoms with van der Waals surface area (Å²) in [6.07, 6.45) is 4.24. The fourth-order valence-electron chi connectivity index (χ4n) is 2.49. The highest BCUT2D eigenvalue weighted by atomic mass is 16.4. The van der Waals surface area contributed by atoms with Crippen molar-refractivity contribution in [2.75, 3.05) is 6.54 Å². The van der Waals surface area contributed by atoms with E-state index in [-0.39, 0.29) is 5.91 Å². The second-order valence-electron chi connectivity index (χ2n) is 5.86. The number of nitrogens with one attached hydrogen (secondary N) is 1. The molecule has 6 heteroatoms. The van der Waals surface area contributed by atoms with Gasteiger partial charge in [-0.1, -0.05) is 13.8 Å². The van der Waals surface area contributed by atoms with Crippen LogP contribution in [-0.4, -0.2) is 32.5 Å². The molecule has 1 N–H and O–H groups in total. The summed E-state index contributed by atoms with van der Waals surface area (Å²) < 4.78 is 5.81. The molecule has 6 nitrogen and oxygen atoms in total. The molecule has 0 saturated carbocycles. The van der Waals surface area contributed by atoms with E-state index in [2.05, 4.69) is 29.0 Å². The summed E-state index contributed by atoms with van der Waals surface area (Å²) in [4.78, 5) is 18.6. The van der Waals surface area contributed by atoms with Crippen LogP contribution in [-0.2, 0) is 19.4 Å². The molecule has 0 fully saturated rings. The van der Waals surface area contributed by atoms with Crippen LogP contribution in [0.3, 0.4) is 0 Å². The van der Waals surface area contributed by atoms with Crippen LogP contribution in [0, 0.1) is 5.92 Å². The zero-order valence-electron chi connectivity index (χ0n) is 12.4. The summed E-state index contributed by atoms with van der Waals surface area (Å²) in [5, 5.41) is 6.53. The van der Waals surface area contributed by atoms with Crippen LogP contribution < -0.4 is 0 Å². The molecule has 3 heterocycles. The molecule has 112 valence electrons. The van der Waals surface area contributed by atoms with Gasteiger partial charge < -0.3 is 9.32 Å². The lowest BCUT2D eigenvalue weighted by Crippen LogP contribution is -2.36. The van der Waals surface area contributed by atoms with Gasteiger partial charge in [0.2, 0.25) is 0 Å². The largest absolute Gasteiger partial charge is 0.445 e. The first-order valence-corrected chi connectivity index (χ1v) is 7.39. The van der Waals surface area contributed by atoms with Gasteiger partial charge in [-0.25, -0.2) is 4.98 Å². The minimum absolute atomic E-state index is 0.0371.